The molecule has 104 valence electrons. The first-order valence-electron chi connectivity index (χ1n) is 5.78. The Kier molecular flexibility index (Phi) is 4.42. The fourth-order valence-corrected chi connectivity index (χ4v) is 1.75. The molecule has 2 aromatic carbocycles. The topological polar surface area (TPSA) is 64.3 Å². The molecule has 0 bridgehead atoms. The quantitative estimate of drug-likeness (QED) is 0.852. The number of benzene rings is 2. The second kappa shape index (κ2) is 6.25. The molecule has 0 saturated carbocycles. The summed E-state index contributed by atoms with van der Waals surface area (Å²) in [6, 6.07) is 10.5. The van der Waals surface area contributed by atoms with Crippen molar-refractivity contribution in [2.75, 3.05) is 17.7 Å². The van der Waals surface area contributed by atoms with Crippen molar-refractivity contribution in [1.29, 1.82) is 0 Å². The number of anilines is 2. The van der Waals surface area contributed by atoms with Gasteiger partial charge in [-0.2, -0.15) is 0 Å². The lowest BCUT2D eigenvalue weighted by Crippen LogP contribution is -2.20. The van der Waals surface area contributed by atoms with Crippen LogP contribution in [0.25, 0.3) is 0 Å². The van der Waals surface area contributed by atoms with Gasteiger partial charge in [-0.15, -0.1) is 0 Å². The number of hydrogen-bond donors (Lipinski definition) is 2. The molecule has 0 aliphatic heterocycles. The number of nitrogens with one attached hydrogen (secondary N) is 1. The van der Waals surface area contributed by atoms with Crippen molar-refractivity contribution in [3.63, 3.8) is 0 Å². The lowest BCUT2D eigenvalue weighted by atomic mass is 10.3. The number of nitrogen functional groups attached to an aromatic ring is 1. The van der Waals surface area contributed by atoms with Gasteiger partial charge in [0.05, 0.1) is 5.69 Å². The minimum Gasteiger partial charge on any atom is -0.482 e. The normalized spacial score (nSPS) is 10.1. The summed E-state index contributed by atoms with van der Waals surface area (Å²) in [5, 5.41) is 3.14. The number of nitrogens with two attached hydrogens (primary N) is 1. The zero-order valence-electron chi connectivity index (χ0n) is 10.4. The van der Waals surface area contributed by atoms with Gasteiger partial charge in [-0.05, 0) is 30.3 Å². The molecule has 2 rings (SSSR count). The van der Waals surface area contributed by atoms with Crippen molar-refractivity contribution in [2.24, 2.45) is 0 Å². The molecule has 0 radical (unpaired) electrons. The van der Waals surface area contributed by atoms with E-state index >= 15 is 0 Å². The van der Waals surface area contributed by atoms with Gasteiger partial charge < -0.3 is 15.8 Å². The highest BCUT2D eigenvalue weighted by atomic mass is 35.5. The van der Waals surface area contributed by atoms with Crippen molar-refractivity contribution in [3.05, 3.63) is 53.3 Å². The van der Waals surface area contributed by atoms with E-state index in [1.807, 2.05) is 0 Å². The van der Waals surface area contributed by atoms with E-state index in [-0.39, 0.29) is 24.0 Å². The summed E-state index contributed by atoms with van der Waals surface area (Å²) in [5.74, 6) is -0.568. The van der Waals surface area contributed by atoms with Crippen LogP contribution in [0.5, 0.6) is 5.75 Å². The molecule has 0 aliphatic rings. The zero-order chi connectivity index (χ0) is 14.5. The van der Waals surface area contributed by atoms with Crippen molar-refractivity contribution >= 4 is 28.9 Å². The molecule has 0 fully saturated rings. The lowest BCUT2D eigenvalue weighted by molar-refractivity contribution is -0.118. The summed E-state index contributed by atoms with van der Waals surface area (Å²) in [6.45, 7) is -0.234. The Morgan fingerprint density at radius 2 is 2.10 bits per heavy atom. The first kappa shape index (κ1) is 14.1. The SMILES string of the molecule is Nc1cc(F)ccc1OCC(=O)Nc1cccc(Cl)c1. The summed E-state index contributed by atoms with van der Waals surface area (Å²) < 4.78 is 18.1. The number of amides is 1. The highest BCUT2D eigenvalue weighted by Gasteiger charge is 2.07. The second-order valence-corrected chi connectivity index (χ2v) is 4.47. The molecule has 0 unspecified atom stereocenters. The van der Waals surface area contributed by atoms with E-state index in [9.17, 15) is 9.18 Å². The molecule has 0 atom stereocenters. The number of carbonyl (C=O) groups excluding carboxylic acids is 1. The number of carbonyl (C=O) groups is 1. The van der Waals surface area contributed by atoms with Crippen LogP contribution in [0.3, 0.4) is 0 Å². The van der Waals surface area contributed by atoms with Gasteiger partial charge in [-0.25, -0.2) is 4.39 Å². The van der Waals surface area contributed by atoms with Gasteiger partial charge >= 0.3 is 0 Å². The first-order chi connectivity index (χ1) is 9.54. The Morgan fingerprint density at radius 1 is 1.30 bits per heavy atom. The Balaban J connectivity index is 1.92. The van der Waals surface area contributed by atoms with E-state index in [1.54, 1.807) is 24.3 Å². The van der Waals surface area contributed by atoms with Crippen molar-refractivity contribution in [3.8, 4) is 5.75 Å². The summed E-state index contributed by atoms with van der Waals surface area (Å²) in [7, 11) is 0. The third-order valence-corrected chi connectivity index (χ3v) is 2.67. The van der Waals surface area contributed by atoms with Crippen LogP contribution in [0, 0.1) is 5.82 Å². The molecule has 0 aromatic heterocycles. The standard InChI is InChI=1S/C14H12ClFN2O2/c15-9-2-1-3-11(6-9)18-14(19)8-20-13-5-4-10(16)7-12(13)17/h1-7H,8,17H2,(H,18,19). The molecule has 6 heteroatoms. The van der Waals surface area contributed by atoms with Crippen LogP contribution < -0.4 is 15.8 Å². The molecule has 0 aliphatic carbocycles. The Bertz CT molecular complexity index is 634. The van der Waals surface area contributed by atoms with Gasteiger partial charge in [0.2, 0.25) is 0 Å². The molecule has 3 N–H and O–H groups in total. The number of ether oxygens (including phenoxy) is 1. The van der Waals surface area contributed by atoms with Crippen LogP contribution >= 0.6 is 11.6 Å². The summed E-state index contributed by atoms with van der Waals surface area (Å²) >= 11 is 5.80. The van der Waals surface area contributed by atoms with E-state index in [4.69, 9.17) is 22.1 Å². The average Bonchev–Trinajstić information content (AvgIpc) is 2.37. The minimum absolute atomic E-state index is 0.139. The Labute approximate surface area is 120 Å². The van der Waals surface area contributed by atoms with Crippen LogP contribution in [0.1, 0.15) is 0 Å². The minimum atomic E-state index is -0.460. The van der Waals surface area contributed by atoms with Gasteiger partial charge in [-0.1, -0.05) is 17.7 Å². The van der Waals surface area contributed by atoms with Crippen LogP contribution in [0.2, 0.25) is 5.02 Å². The van der Waals surface area contributed by atoms with Crippen molar-refractivity contribution in [1.82, 2.24) is 0 Å². The maximum Gasteiger partial charge on any atom is 0.262 e. The van der Waals surface area contributed by atoms with Gasteiger partial charge in [0.1, 0.15) is 11.6 Å². The molecule has 0 heterocycles. The van der Waals surface area contributed by atoms with E-state index in [0.29, 0.717) is 10.7 Å². The van der Waals surface area contributed by atoms with Crippen LogP contribution in [-0.2, 0) is 4.79 Å². The largest absolute Gasteiger partial charge is 0.482 e. The Hall–Kier alpha value is -2.27. The molecular formula is C14H12ClFN2O2. The lowest BCUT2D eigenvalue weighted by Gasteiger charge is -2.09. The molecule has 4 nitrogen and oxygen atoms in total. The molecule has 0 spiro atoms. The maximum absolute atomic E-state index is 12.8. The fraction of sp³-hybridized carbons (Fsp3) is 0.0714. The highest BCUT2D eigenvalue weighted by molar-refractivity contribution is 6.30. The highest BCUT2D eigenvalue weighted by Crippen LogP contribution is 2.21. The summed E-state index contributed by atoms with van der Waals surface area (Å²) in [6.07, 6.45) is 0. The van der Waals surface area contributed by atoms with Gasteiger partial charge in [0.25, 0.3) is 5.91 Å². The monoisotopic (exact) mass is 294 g/mol. The summed E-state index contributed by atoms with van der Waals surface area (Å²) in [4.78, 5) is 11.7. The molecule has 0 saturated heterocycles. The molecule has 20 heavy (non-hydrogen) atoms. The third-order valence-electron chi connectivity index (χ3n) is 2.44. The van der Waals surface area contributed by atoms with Crippen LogP contribution in [0.15, 0.2) is 42.5 Å². The van der Waals surface area contributed by atoms with E-state index < -0.39 is 5.82 Å². The third kappa shape index (κ3) is 3.86. The smallest absolute Gasteiger partial charge is 0.262 e. The second-order valence-electron chi connectivity index (χ2n) is 4.03. The zero-order valence-corrected chi connectivity index (χ0v) is 11.2. The molecule has 1 amide bonds. The number of rotatable bonds is 4. The maximum atomic E-state index is 12.8. The van der Waals surface area contributed by atoms with Crippen LogP contribution in [-0.4, -0.2) is 12.5 Å². The summed E-state index contributed by atoms with van der Waals surface area (Å²) in [5.41, 5.74) is 6.27. The van der Waals surface area contributed by atoms with Crippen LogP contribution in [0.4, 0.5) is 15.8 Å². The molecular weight excluding hydrogens is 283 g/mol. The predicted octanol–water partition coefficient (Wildman–Crippen LogP) is 3.08. The van der Waals surface area contributed by atoms with E-state index in [2.05, 4.69) is 5.32 Å². The number of hydrogen-bond acceptors (Lipinski definition) is 3. The van der Waals surface area contributed by atoms with Crippen molar-refractivity contribution in [2.45, 2.75) is 0 Å². The average molecular weight is 295 g/mol. The van der Waals surface area contributed by atoms with E-state index in [1.165, 1.54) is 12.1 Å². The number of halogens is 2. The molecule has 2 aromatic rings. The first-order valence-corrected chi connectivity index (χ1v) is 6.15. The van der Waals surface area contributed by atoms with Gasteiger partial charge in [-0.3, -0.25) is 4.79 Å². The van der Waals surface area contributed by atoms with Gasteiger partial charge in [0, 0.05) is 16.8 Å². The predicted molar refractivity (Wildman–Crippen MR) is 76.4 cm³/mol. The Morgan fingerprint density at radius 3 is 2.80 bits per heavy atom. The van der Waals surface area contributed by atoms with E-state index in [0.717, 1.165) is 6.07 Å². The fourth-order valence-electron chi connectivity index (χ4n) is 1.56. The van der Waals surface area contributed by atoms with Crippen molar-refractivity contribution < 1.29 is 13.9 Å². The van der Waals surface area contributed by atoms with Gasteiger partial charge in [0.15, 0.2) is 6.61 Å².